The van der Waals surface area contributed by atoms with E-state index in [1.165, 1.54) is 6.42 Å². The molecule has 0 saturated carbocycles. The molecule has 1 amide bonds. The Labute approximate surface area is 138 Å². The number of nitrogens with zero attached hydrogens (tertiary/aromatic N) is 2. The Kier molecular flexibility index (Phi) is 5.87. The predicted octanol–water partition coefficient (Wildman–Crippen LogP) is 2.38. The number of hydrogen-bond acceptors (Lipinski definition) is 3. The van der Waals surface area contributed by atoms with Crippen LogP contribution in [-0.4, -0.2) is 40.6 Å². The lowest BCUT2D eigenvalue weighted by molar-refractivity contribution is 0.0751. The maximum atomic E-state index is 12.8. The van der Waals surface area contributed by atoms with Crippen LogP contribution in [-0.2, 0) is 13.0 Å². The summed E-state index contributed by atoms with van der Waals surface area (Å²) in [6.07, 6.45) is 4.40. The van der Waals surface area contributed by atoms with Gasteiger partial charge in [-0.25, -0.2) is 0 Å². The molecule has 0 spiro atoms. The number of hydrogen-bond donors (Lipinski definition) is 2. The van der Waals surface area contributed by atoms with Crippen LogP contribution >= 0.6 is 12.4 Å². The number of nitrogens with one attached hydrogen (secondary N) is 2. The van der Waals surface area contributed by atoms with Crippen LogP contribution in [0.25, 0.3) is 0 Å². The van der Waals surface area contributed by atoms with Crippen LogP contribution in [0.4, 0.5) is 0 Å². The summed E-state index contributed by atoms with van der Waals surface area (Å²) in [4.78, 5) is 14.8. The second-order valence-corrected chi connectivity index (χ2v) is 6.68. The molecule has 0 aromatic carbocycles. The summed E-state index contributed by atoms with van der Waals surface area (Å²) in [6, 6.07) is 0. The SMILES string of the molecule is CC(C)C1CCCN(C(=O)c2n[nH]c3c2CNCC3)CC1.Cl. The van der Waals surface area contributed by atoms with Crippen molar-refractivity contribution in [3.8, 4) is 0 Å². The number of amides is 1. The van der Waals surface area contributed by atoms with Gasteiger partial charge in [0.05, 0.1) is 0 Å². The lowest BCUT2D eigenvalue weighted by Gasteiger charge is -2.22. The zero-order chi connectivity index (χ0) is 14.8. The quantitative estimate of drug-likeness (QED) is 0.877. The third kappa shape index (κ3) is 3.46. The average Bonchev–Trinajstić information content (AvgIpc) is 2.75. The normalized spacial score (nSPS) is 22.0. The van der Waals surface area contributed by atoms with Crippen molar-refractivity contribution in [2.75, 3.05) is 19.6 Å². The number of aromatic amines is 1. The van der Waals surface area contributed by atoms with Crippen LogP contribution in [0.5, 0.6) is 0 Å². The number of halogens is 1. The Bertz CT molecular complexity index is 514. The summed E-state index contributed by atoms with van der Waals surface area (Å²) in [7, 11) is 0. The molecule has 22 heavy (non-hydrogen) atoms. The van der Waals surface area contributed by atoms with Gasteiger partial charge in [-0.1, -0.05) is 13.8 Å². The van der Waals surface area contributed by atoms with E-state index in [0.717, 1.165) is 62.6 Å². The van der Waals surface area contributed by atoms with Crippen molar-refractivity contribution < 1.29 is 4.79 Å². The molecule has 1 atom stereocenters. The summed E-state index contributed by atoms with van der Waals surface area (Å²) >= 11 is 0. The van der Waals surface area contributed by atoms with Gasteiger partial charge in [-0.05, 0) is 31.1 Å². The number of carbonyl (C=O) groups excluding carboxylic acids is 1. The highest BCUT2D eigenvalue weighted by molar-refractivity contribution is 5.94. The van der Waals surface area contributed by atoms with E-state index >= 15 is 0 Å². The van der Waals surface area contributed by atoms with E-state index in [2.05, 4.69) is 29.4 Å². The Morgan fingerprint density at radius 2 is 2.14 bits per heavy atom. The third-order valence-electron chi connectivity index (χ3n) is 5.01. The van der Waals surface area contributed by atoms with Gasteiger partial charge in [-0.15, -0.1) is 12.4 Å². The topological polar surface area (TPSA) is 61.0 Å². The Balaban J connectivity index is 0.00000176. The molecule has 1 aromatic rings. The fourth-order valence-corrected chi connectivity index (χ4v) is 3.54. The van der Waals surface area contributed by atoms with Crippen LogP contribution in [0.2, 0.25) is 0 Å². The predicted molar refractivity (Wildman–Crippen MR) is 89.3 cm³/mol. The molecule has 2 aliphatic heterocycles. The van der Waals surface area contributed by atoms with E-state index in [-0.39, 0.29) is 18.3 Å². The largest absolute Gasteiger partial charge is 0.337 e. The zero-order valence-electron chi connectivity index (χ0n) is 13.5. The molecule has 6 heteroatoms. The second kappa shape index (κ2) is 7.47. The van der Waals surface area contributed by atoms with Crippen molar-refractivity contribution in [3.63, 3.8) is 0 Å². The first kappa shape index (κ1) is 17.3. The molecule has 3 rings (SSSR count). The van der Waals surface area contributed by atoms with E-state index in [4.69, 9.17) is 0 Å². The molecule has 3 heterocycles. The molecule has 0 radical (unpaired) electrons. The molecule has 1 saturated heterocycles. The highest BCUT2D eigenvalue weighted by atomic mass is 35.5. The van der Waals surface area contributed by atoms with Gasteiger partial charge in [-0.2, -0.15) is 5.10 Å². The molecule has 0 aliphatic carbocycles. The molecule has 1 fully saturated rings. The minimum Gasteiger partial charge on any atom is -0.337 e. The Morgan fingerprint density at radius 3 is 2.91 bits per heavy atom. The number of H-pyrrole nitrogens is 1. The fourth-order valence-electron chi connectivity index (χ4n) is 3.54. The number of rotatable bonds is 2. The smallest absolute Gasteiger partial charge is 0.274 e. The van der Waals surface area contributed by atoms with Gasteiger partial charge in [0, 0.05) is 43.9 Å². The van der Waals surface area contributed by atoms with Crippen molar-refractivity contribution in [1.29, 1.82) is 0 Å². The summed E-state index contributed by atoms with van der Waals surface area (Å²) in [5.41, 5.74) is 2.85. The van der Waals surface area contributed by atoms with Gasteiger partial charge >= 0.3 is 0 Å². The molecular formula is C16H27ClN4O. The maximum Gasteiger partial charge on any atom is 0.274 e. The number of likely N-dealkylation sites (tertiary alicyclic amines) is 1. The van der Waals surface area contributed by atoms with Gasteiger partial charge in [0.1, 0.15) is 0 Å². The number of carbonyl (C=O) groups is 1. The summed E-state index contributed by atoms with van der Waals surface area (Å²) < 4.78 is 0. The van der Waals surface area contributed by atoms with Crippen molar-refractivity contribution >= 4 is 18.3 Å². The van der Waals surface area contributed by atoms with Gasteiger partial charge < -0.3 is 10.2 Å². The van der Waals surface area contributed by atoms with E-state index in [0.29, 0.717) is 11.6 Å². The molecular weight excluding hydrogens is 300 g/mol. The second-order valence-electron chi connectivity index (χ2n) is 6.68. The van der Waals surface area contributed by atoms with Crippen molar-refractivity contribution in [2.45, 2.75) is 46.1 Å². The lowest BCUT2D eigenvalue weighted by atomic mass is 9.89. The van der Waals surface area contributed by atoms with Crippen LogP contribution < -0.4 is 5.32 Å². The molecule has 2 aliphatic rings. The summed E-state index contributed by atoms with van der Waals surface area (Å²) in [6.45, 7) is 8.04. The van der Waals surface area contributed by atoms with Gasteiger partial charge in [0.25, 0.3) is 5.91 Å². The van der Waals surface area contributed by atoms with Crippen molar-refractivity contribution in [1.82, 2.24) is 20.4 Å². The minimum absolute atomic E-state index is 0. The fraction of sp³-hybridized carbons (Fsp3) is 0.750. The molecule has 1 unspecified atom stereocenters. The maximum absolute atomic E-state index is 12.8. The molecule has 124 valence electrons. The first-order valence-electron chi connectivity index (χ1n) is 8.23. The van der Waals surface area contributed by atoms with E-state index in [9.17, 15) is 4.79 Å². The number of fused-ring (bicyclic) bond motifs is 1. The first-order chi connectivity index (χ1) is 10.2. The van der Waals surface area contributed by atoms with Crippen molar-refractivity contribution in [2.24, 2.45) is 11.8 Å². The Morgan fingerprint density at radius 1 is 1.32 bits per heavy atom. The molecule has 1 aromatic heterocycles. The lowest BCUT2D eigenvalue weighted by Crippen LogP contribution is -2.34. The summed E-state index contributed by atoms with van der Waals surface area (Å²) in [5.74, 6) is 1.57. The highest BCUT2D eigenvalue weighted by Gasteiger charge is 2.28. The third-order valence-corrected chi connectivity index (χ3v) is 5.01. The molecule has 2 N–H and O–H groups in total. The van der Waals surface area contributed by atoms with Crippen LogP contribution in [0.1, 0.15) is 54.9 Å². The monoisotopic (exact) mass is 326 g/mol. The van der Waals surface area contributed by atoms with E-state index in [1.54, 1.807) is 0 Å². The molecule has 5 nitrogen and oxygen atoms in total. The van der Waals surface area contributed by atoms with Gasteiger partial charge in [0.2, 0.25) is 0 Å². The zero-order valence-corrected chi connectivity index (χ0v) is 14.3. The Hall–Kier alpha value is -1.07. The number of aromatic nitrogens is 2. The van der Waals surface area contributed by atoms with E-state index < -0.39 is 0 Å². The van der Waals surface area contributed by atoms with Gasteiger partial charge in [0.15, 0.2) is 5.69 Å². The first-order valence-corrected chi connectivity index (χ1v) is 8.23. The average molecular weight is 327 g/mol. The highest BCUT2D eigenvalue weighted by Crippen LogP contribution is 2.26. The standard InChI is InChI=1S/C16H26N4O.ClH/c1-11(2)12-4-3-8-20(9-6-12)16(21)15-13-10-17-7-5-14(13)18-19-15;/h11-12,17H,3-10H2,1-2H3,(H,18,19);1H. The molecule has 0 bridgehead atoms. The van der Waals surface area contributed by atoms with Crippen LogP contribution in [0.3, 0.4) is 0 Å². The minimum atomic E-state index is 0. The van der Waals surface area contributed by atoms with Gasteiger partial charge in [-0.3, -0.25) is 9.89 Å². The van der Waals surface area contributed by atoms with Crippen molar-refractivity contribution in [3.05, 3.63) is 17.0 Å². The van der Waals surface area contributed by atoms with Crippen LogP contribution in [0, 0.1) is 11.8 Å². The summed E-state index contributed by atoms with van der Waals surface area (Å²) in [5, 5.41) is 10.7. The van der Waals surface area contributed by atoms with Crippen LogP contribution in [0.15, 0.2) is 0 Å². The van der Waals surface area contributed by atoms with E-state index in [1.807, 2.05) is 4.90 Å².